The number of nitrogens with one attached hydrogen (secondary N) is 1. The van der Waals surface area contributed by atoms with E-state index in [2.05, 4.69) is 15.3 Å². The second-order valence-corrected chi connectivity index (χ2v) is 5.99. The molecule has 0 fully saturated rings. The summed E-state index contributed by atoms with van der Waals surface area (Å²) in [6, 6.07) is 13.9. The molecular weight excluding hydrogens is 382 g/mol. The van der Waals surface area contributed by atoms with Crippen LogP contribution in [-0.2, 0) is 0 Å². The first-order chi connectivity index (χ1) is 13.9. The maximum atomic E-state index is 12.8. The highest BCUT2D eigenvalue weighted by molar-refractivity contribution is 5.57. The van der Waals surface area contributed by atoms with Crippen LogP contribution in [0.4, 0.5) is 17.1 Å². The average Bonchev–Trinajstić information content (AvgIpc) is 3.08. The van der Waals surface area contributed by atoms with Crippen LogP contribution in [0.5, 0.6) is 0 Å². The molecule has 1 aromatic heterocycles. The van der Waals surface area contributed by atoms with Crippen molar-refractivity contribution in [2.45, 2.75) is 12.2 Å². The van der Waals surface area contributed by atoms with Crippen molar-refractivity contribution in [2.24, 2.45) is 10.2 Å². The Morgan fingerprint density at radius 3 is 2.38 bits per heavy atom. The lowest BCUT2D eigenvalue weighted by Crippen LogP contribution is -2.22. The van der Waals surface area contributed by atoms with Crippen LogP contribution in [0.3, 0.4) is 0 Å². The molecule has 0 aliphatic carbocycles. The molecule has 29 heavy (non-hydrogen) atoms. The number of aliphatic hydroxyl groups excluding tert-OH is 3. The Balaban J connectivity index is 2.13. The Bertz CT molecular complexity index is 1090. The third-order valence-corrected chi connectivity index (χ3v) is 4.09. The van der Waals surface area contributed by atoms with Gasteiger partial charge in [-0.2, -0.15) is 0 Å². The van der Waals surface area contributed by atoms with Crippen LogP contribution >= 0.6 is 0 Å². The molecule has 4 N–H and O–H groups in total. The zero-order valence-electron chi connectivity index (χ0n) is 14.9. The van der Waals surface area contributed by atoms with Crippen molar-refractivity contribution in [1.82, 2.24) is 9.78 Å². The number of azo groups is 1. The Kier molecular flexibility index (Phi) is 5.93. The molecule has 3 aromatic rings. The van der Waals surface area contributed by atoms with Gasteiger partial charge in [0, 0.05) is 6.07 Å². The molecule has 11 heteroatoms. The topological polar surface area (TPSA) is 166 Å². The number of rotatable bonds is 7. The number of nitro benzene ring substituents is 1. The van der Waals surface area contributed by atoms with Crippen LogP contribution in [0.1, 0.15) is 11.8 Å². The number of aromatic nitrogens is 2. The number of aliphatic hydroxyl groups is 3. The second kappa shape index (κ2) is 8.56. The largest absolute Gasteiger partial charge is 0.394 e. The van der Waals surface area contributed by atoms with Crippen LogP contribution in [-0.4, -0.2) is 42.7 Å². The summed E-state index contributed by atoms with van der Waals surface area (Å²) in [5.41, 5.74) is -1.22. The molecule has 2 atom stereocenters. The zero-order valence-corrected chi connectivity index (χ0v) is 14.9. The monoisotopic (exact) mass is 399 g/mol. The maximum Gasteiger partial charge on any atom is 0.299 e. The first kappa shape index (κ1) is 20.1. The van der Waals surface area contributed by atoms with Crippen LogP contribution in [0, 0.1) is 10.1 Å². The predicted octanol–water partition coefficient (Wildman–Crippen LogP) is 1.88. The lowest BCUT2D eigenvalue weighted by molar-refractivity contribution is -0.384. The highest BCUT2D eigenvalue weighted by atomic mass is 16.6. The number of H-pyrrole nitrogens is 1. The molecular formula is C18H17N5O6. The van der Waals surface area contributed by atoms with Gasteiger partial charge in [-0.15, -0.1) is 10.2 Å². The van der Waals surface area contributed by atoms with Crippen molar-refractivity contribution < 1.29 is 20.2 Å². The summed E-state index contributed by atoms with van der Waals surface area (Å²) in [6.07, 6.45) is -3.25. The van der Waals surface area contributed by atoms with Crippen molar-refractivity contribution in [3.63, 3.8) is 0 Å². The van der Waals surface area contributed by atoms with E-state index in [4.69, 9.17) is 5.11 Å². The minimum Gasteiger partial charge on any atom is -0.394 e. The van der Waals surface area contributed by atoms with Crippen molar-refractivity contribution in [3.05, 3.63) is 80.8 Å². The minimum atomic E-state index is -1.67. The van der Waals surface area contributed by atoms with Gasteiger partial charge in [-0.1, -0.05) is 30.3 Å². The van der Waals surface area contributed by atoms with Gasteiger partial charge in [0.1, 0.15) is 12.2 Å². The molecule has 3 rings (SSSR count). The van der Waals surface area contributed by atoms with E-state index in [1.807, 2.05) is 0 Å². The highest BCUT2D eigenvalue weighted by Crippen LogP contribution is 2.30. The molecule has 11 nitrogen and oxygen atoms in total. The summed E-state index contributed by atoms with van der Waals surface area (Å²) in [5.74, 6) is 0. The van der Waals surface area contributed by atoms with Gasteiger partial charge in [0.15, 0.2) is 11.4 Å². The summed E-state index contributed by atoms with van der Waals surface area (Å²) in [7, 11) is 0. The fourth-order valence-electron chi connectivity index (χ4n) is 2.61. The predicted molar refractivity (Wildman–Crippen MR) is 102 cm³/mol. The van der Waals surface area contributed by atoms with E-state index in [9.17, 15) is 25.1 Å². The van der Waals surface area contributed by atoms with E-state index in [0.717, 1.165) is 4.68 Å². The van der Waals surface area contributed by atoms with E-state index >= 15 is 0 Å². The molecule has 0 aliphatic rings. The molecule has 1 heterocycles. The smallest absolute Gasteiger partial charge is 0.299 e. The normalized spacial score (nSPS) is 13.5. The quantitative estimate of drug-likeness (QED) is 0.269. The molecule has 0 bridgehead atoms. The number of nitro groups is 1. The number of hydrogen-bond donors (Lipinski definition) is 4. The number of nitrogens with zero attached hydrogens (tertiary/aromatic N) is 4. The molecule has 150 valence electrons. The van der Waals surface area contributed by atoms with Gasteiger partial charge in [-0.3, -0.25) is 20.0 Å². The second-order valence-electron chi connectivity index (χ2n) is 5.99. The fourth-order valence-corrected chi connectivity index (χ4v) is 2.61. The lowest BCUT2D eigenvalue weighted by Gasteiger charge is -2.14. The third kappa shape index (κ3) is 4.11. The Morgan fingerprint density at radius 1 is 1.07 bits per heavy atom. The Morgan fingerprint density at radius 2 is 1.72 bits per heavy atom. The van der Waals surface area contributed by atoms with Crippen LogP contribution < -0.4 is 5.56 Å². The molecule has 0 amide bonds. The maximum absolute atomic E-state index is 12.8. The molecule has 0 radical (unpaired) electrons. The van der Waals surface area contributed by atoms with Gasteiger partial charge in [0.05, 0.1) is 22.9 Å². The molecule has 0 aliphatic heterocycles. The summed E-state index contributed by atoms with van der Waals surface area (Å²) in [5, 5.41) is 50.6. The van der Waals surface area contributed by atoms with E-state index in [1.54, 1.807) is 30.3 Å². The molecule has 2 aromatic carbocycles. The lowest BCUT2D eigenvalue weighted by atomic mass is 10.1. The molecule has 0 saturated carbocycles. The minimum absolute atomic E-state index is 0.0903. The summed E-state index contributed by atoms with van der Waals surface area (Å²) < 4.78 is 1.08. The molecule has 2 unspecified atom stereocenters. The number of para-hydroxylation sites is 2. The molecule has 0 saturated heterocycles. The van der Waals surface area contributed by atoms with E-state index in [-0.39, 0.29) is 22.8 Å². The highest BCUT2D eigenvalue weighted by Gasteiger charge is 2.27. The Hall–Kier alpha value is -3.67. The van der Waals surface area contributed by atoms with Crippen LogP contribution in [0.25, 0.3) is 5.69 Å². The summed E-state index contributed by atoms with van der Waals surface area (Å²) in [4.78, 5) is 23.3. The first-order valence-electron chi connectivity index (χ1n) is 8.46. The van der Waals surface area contributed by atoms with Crippen LogP contribution in [0.2, 0.25) is 0 Å². The number of benzene rings is 2. The van der Waals surface area contributed by atoms with E-state index in [0.29, 0.717) is 5.69 Å². The summed E-state index contributed by atoms with van der Waals surface area (Å²) >= 11 is 0. The van der Waals surface area contributed by atoms with Crippen LogP contribution in [0.15, 0.2) is 69.6 Å². The average molecular weight is 399 g/mol. The van der Waals surface area contributed by atoms with Crippen molar-refractivity contribution in [2.75, 3.05) is 6.61 Å². The van der Waals surface area contributed by atoms with E-state index in [1.165, 1.54) is 24.3 Å². The fraction of sp³-hybridized carbons (Fsp3) is 0.167. The van der Waals surface area contributed by atoms with Gasteiger partial charge in [-0.05, 0) is 18.2 Å². The summed E-state index contributed by atoms with van der Waals surface area (Å²) in [6.45, 7) is -0.763. The van der Waals surface area contributed by atoms with Gasteiger partial charge in [0.2, 0.25) is 0 Å². The van der Waals surface area contributed by atoms with Gasteiger partial charge in [-0.25, -0.2) is 4.68 Å². The number of hydrogen-bond acceptors (Lipinski definition) is 8. The number of aromatic amines is 1. The third-order valence-electron chi connectivity index (χ3n) is 4.09. The zero-order chi connectivity index (χ0) is 21.0. The van der Waals surface area contributed by atoms with Gasteiger partial charge < -0.3 is 15.3 Å². The van der Waals surface area contributed by atoms with Gasteiger partial charge >= 0.3 is 0 Å². The molecule has 0 spiro atoms. The van der Waals surface area contributed by atoms with Crippen molar-refractivity contribution in [1.29, 1.82) is 0 Å². The van der Waals surface area contributed by atoms with Crippen molar-refractivity contribution in [3.8, 4) is 5.69 Å². The Labute approximate surface area is 163 Å². The SMILES string of the molecule is O=c1c(N=Nc2ccccc2[N+](=O)[O-])c(C(O)C(O)CO)[nH]n1-c1ccccc1. The standard InChI is InChI=1S/C18H17N5O6/c24-10-14(25)17(26)15-16(18(27)22(21-15)11-6-2-1-3-7-11)20-19-12-8-4-5-9-13(12)23(28)29/h1-9,14,17,21,24-26H,10H2. The van der Waals surface area contributed by atoms with E-state index < -0.39 is 29.3 Å². The first-order valence-corrected chi connectivity index (χ1v) is 8.46. The van der Waals surface area contributed by atoms with Gasteiger partial charge in [0.25, 0.3) is 11.2 Å². The van der Waals surface area contributed by atoms with Crippen molar-refractivity contribution >= 4 is 17.1 Å².